The average molecular weight is 364 g/mol. The number of nitrogens with one attached hydrogen (secondary N) is 1. The van der Waals surface area contributed by atoms with Crippen molar-refractivity contribution >= 4 is 21.6 Å². The van der Waals surface area contributed by atoms with Gasteiger partial charge in [0.15, 0.2) is 0 Å². The van der Waals surface area contributed by atoms with Gasteiger partial charge >= 0.3 is 0 Å². The minimum Gasteiger partial charge on any atom is -0.311 e. The van der Waals surface area contributed by atoms with Gasteiger partial charge in [-0.15, -0.1) is 0 Å². The van der Waals surface area contributed by atoms with Crippen LogP contribution >= 0.6 is 0 Å². The molecule has 7 heteroatoms. The third-order valence-corrected chi connectivity index (χ3v) is 5.22. The SMILES string of the molecule is CC(=O)N(CCNS(=O)(=O)c1ccc(F)c(C)c1)c1cccc(C)c1. The molecule has 134 valence electrons. The van der Waals surface area contributed by atoms with Crippen molar-refractivity contribution in [3.8, 4) is 0 Å². The Morgan fingerprint density at radius 2 is 1.88 bits per heavy atom. The Balaban J connectivity index is 2.08. The Morgan fingerprint density at radius 1 is 1.16 bits per heavy atom. The second-order valence-electron chi connectivity index (χ2n) is 5.82. The third kappa shape index (κ3) is 4.87. The molecule has 0 fully saturated rings. The van der Waals surface area contributed by atoms with Crippen LogP contribution in [0.5, 0.6) is 0 Å². The second-order valence-corrected chi connectivity index (χ2v) is 7.59. The zero-order chi connectivity index (χ0) is 18.6. The minimum absolute atomic E-state index is 0.00340. The van der Waals surface area contributed by atoms with E-state index in [4.69, 9.17) is 0 Å². The molecule has 0 heterocycles. The van der Waals surface area contributed by atoms with Crippen LogP contribution < -0.4 is 9.62 Å². The Labute approximate surface area is 147 Å². The van der Waals surface area contributed by atoms with Crippen molar-refractivity contribution in [1.29, 1.82) is 0 Å². The summed E-state index contributed by atoms with van der Waals surface area (Å²) in [7, 11) is -3.77. The molecule has 0 atom stereocenters. The number of hydrogen-bond donors (Lipinski definition) is 1. The van der Waals surface area contributed by atoms with Gasteiger partial charge in [0, 0.05) is 25.7 Å². The van der Waals surface area contributed by atoms with Crippen LogP contribution in [0.1, 0.15) is 18.1 Å². The minimum atomic E-state index is -3.77. The summed E-state index contributed by atoms with van der Waals surface area (Å²) in [6.45, 7) is 5.09. The van der Waals surface area contributed by atoms with Gasteiger partial charge in [-0.25, -0.2) is 17.5 Å². The van der Waals surface area contributed by atoms with Gasteiger partial charge in [-0.05, 0) is 55.3 Å². The first-order valence-electron chi connectivity index (χ1n) is 7.81. The smallest absolute Gasteiger partial charge is 0.240 e. The maximum atomic E-state index is 13.3. The lowest BCUT2D eigenvalue weighted by Gasteiger charge is -2.22. The molecule has 0 aliphatic heterocycles. The highest BCUT2D eigenvalue weighted by atomic mass is 32.2. The number of rotatable bonds is 6. The van der Waals surface area contributed by atoms with Crippen LogP contribution in [0.3, 0.4) is 0 Å². The van der Waals surface area contributed by atoms with Crippen LogP contribution in [0.25, 0.3) is 0 Å². The van der Waals surface area contributed by atoms with Gasteiger partial charge in [0.1, 0.15) is 5.82 Å². The molecule has 1 N–H and O–H groups in total. The summed E-state index contributed by atoms with van der Waals surface area (Å²) in [5.41, 5.74) is 1.98. The maximum absolute atomic E-state index is 13.3. The van der Waals surface area contributed by atoms with Crippen LogP contribution in [0.2, 0.25) is 0 Å². The highest BCUT2D eigenvalue weighted by Gasteiger charge is 2.17. The number of benzene rings is 2. The molecule has 0 bridgehead atoms. The predicted molar refractivity (Wildman–Crippen MR) is 95.5 cm³/mol. The van der Waals surface area contributed by atoms with Crippen molar-refractivity contribution in [1.82, 2.24) is 4.72 Å². The van der Waals surface area contributed by atoms with E-state index in [1.54, 1.807) is 6.07 Å². The van der Waals surface area contributed by atoms with Crippen molar-refractivity contribution in [2.24, 2.45) is 0 Å². The zero-order valence-electron chi connectivity index (χ0n) is 14.4. The number of carbonyl (C=O) groups excluding carboxylic acids is 1. The van der Waals surface area contributed by atoms with Gasteiger partial charge < -0.3 is 4.90 Å². The second kappa shape index (κ2) is 7.76. The van der Waals surface area contributed by atoms with Crippen molar-refractivity contribution < 1.29 is 17.6 Å². The topological polar surface area (TPSA) is 66.5 Å². The van der Waals surface area contributed by atoms with E-state index in [2.05, 4.69) is 4.72 Å². The van der Waals surface area contributed by atoms with E-state index in [0.717, 1.165) is 11.6 Å². The van der Waals surface area contributed by atoms with Crippen LogP contribution in [-0.2, 0) is 14.8 Å². The molecule has 1 amide bonds. The fourth-order valence-electron chi connectivity index (χ4n) is 2.42. The predicted octanol–water partition coefficient (Wildman–Crippen LogP) is 2.77. The first-order valence-corrected chi connectivity index (χ1v) is 9.29. The lowest BCUT2D eigenvalue weighted by molar-refractivity contribution is -0.116. The molecule has 2 rings (SSSR count). The van der Waals surface area contributed by atoms with Gasteiger partial charge in [-0.3, -0.25) is 4.79 Å². The average Bonchev–Trinajstić information content (AvgIpc) is 2.53. The van der Waals surface area contributed by atoms with Crippen LogP contribution in [0.15, 0.2) is 47.4 Å². The summed E-state index contributed by atoms with van der Waals surface area (Å²) in [5.74, 6) is -0.636. The molecule has 0 radical (unpaired) electrons. The van der Waals surface area contributed by atoms with E-state index in [1.807, 2.05) is 25.1 Å². The Morgan fingerprint density at radius 3 is 2.48 bits per heavy atom. The van der Waals surface area contributed by atoms with Crippen LogP contribution in [-0.4, -0.2) is 27.4 Å². The van der Waals surface area contributed by atoms with E-state index in [9.17, 15) is 17.6 Å². The monoisotopic (exact) mass is 364 g/mol. The van der Waals surface area contributed by atoms with Gasteiger partial charge in [0.05, 0.1) is 4.90 Å². The van der Waals surface area contributed by atoms with Gasteiger partial charge in [0.25, 0.3) is 0 Å². The molecular formula is C18H21FN2O3S. The molecule has 0 saturated carbocycles. The van der Waals surface area contributed by atoms with Crippen molar-refractivity contribution in [3.05, 3.63) is 59.4 Å². The quantitative estimate of drug-likeness (QED) is 0.857. The van der Waals surface area contributed by atoms with Crippen molar-refractivity contribution in [2.45, 2.75) is 25.7 Å². The number of aryl methyl sites for hydroxylation is 2. The third-order valence-electron chi connectivity index (χ3n) is 3.76. The first kappa shape index (κ1) is 19.1. The number of sulfonamides is 1. The molecule has 0 spiro atoms. The zero-order valence-corrected chi connectivity index (χ0v) is 15.2. The van der Waals surface area contributed by atoms with Gasteiger partial charge in [0.2, 0.25) is 15.9 Å². The number of anilines is 1. The summed E-state index contributed by atoms with van der Waals surface area (Å²) in [5, 5.41) is 0. The summed E-state index contributed by atoms with van der Waals surface area (Å²) in [6.07, 6.45) is 0. The van der Waals surface area contributed by atoms with Crippen LogP contribution in [0, 0.1) is 19.7 Å². The van der Waals surface area contributed by atoms with Crippen LogP contribution in [0.4, 0.5) is 10.1 Å². The van der Waals surface area contributed by atoms with Crippen molar-refractivity contribution in [3.63, 3.8) is 0 Å². The van der Waals surface area contributed by atoms with E-state index in [1.165, 1.54) is 30.9 Å². The molecule has 0 saturated heterocycles. The highest BCUT2D eigenvalue weighted by Crippen LogP contribution is 2.17. The normalized spacial score (nSPS) is 11.4. The molecule has 0 aliphatic rings. The van der Waals surface area contributed by atoms with E-state index in [-0.39, 0.29) is 29.5 Å². The van der Waals surface area contributed by atoms with Crippen molar-refractivity contribution in [2.75, 3.05) is 18.0 Å². The molecule has 2 aromatic rings. The fourth-order valence-corrected chi connectivity index (χ4v) is 3.53. The molecule has 0 aliphatic carbocycles. The largest absolute Gasteiger partial charge is 0.311 e. The van der Waals surface area contributed by atoms with Gasteiger partial charge in [-0.1, -0.05) is 12.1 Å². The number of hydrogen-bond acceptors (Lipinski definition) is 3. The Kier molecular flexibility index (Phi) is 5.92. The standard InChI is InChI=1S/C18H21FN2O3S/c1-13-5-4-6-16(11-13)21(15(3)22)10-9-20-25(23,24)17-7-8-18(19)14(2)12-17/h4-8,11-12,20H,9-10H2,1-3H3. The van der Waals surface area contributed by atoms with E-state index < -0.39 is 15.8 Å². The molecule has 0 unspecified atom stereocenters. The Hall–Kier alpha value is -2.25. The van der Waals surface area contributed by atoms with Gasteiger partial charge in [-0.2, -0.15) is 0 Å². The maximum Gasteiger partial charge on any atom is 0.240 e. The molecular weight excluding hydrogens is 343 g/mol. The summed E-state index contributed by atoms with van der Waals surface area (Å²) >= 11 is 0. The molecule has 25 heavy (non-hydrogen) atoms. The fraction of sp³-hybridized carbons (Fsp3) is 0.278. The lowest BCUT2D eigenvalue weighted by atomic mass is 10.2. The highest BCUT2D eigenvalue weighted by molar-refractivity contribution is 7.89. The molecule has 5 nitrogen and oxygen atoms in total. The number of nitrogens with zero attached hydrogens (tertiary/aromatic N) is 1. The first-order chi connectivity index (χ1) is 11.7. The molecule has 0 aromatic heterocycles. The summed E-state index contributed by atoms with van der Waals surface area (Å²) in [4.78, 5) is 13.4. The summed E-state index contributed by atoms with van der Waals surface area (Å²) in [6, 6.07) is 11.0. The lowest BCUT2D eigenvalue weighted by Crippen LogP contribution is -2.37. The molecule has 2 aromatic carbocycles. The summed E-state index contributed by atoms with van der Waals surface area (Å²) < 4.78 is 40.3. The number of amides is 1. The number of halogens is 1. The van der Waals surface area contributed by atoms with E-state index in [0.29, 0.717) is 5.69 Å². The van der Waals surface area contributed by atoms with E-state index >= 15 is 0 Å². The number of carbonyl (C=O) groups is 1. The Bertz CT molecular complexity index is 882.